The van der Waals surface area contributed by atoms with Crippen molar-refractivity contribution in [1.29, 1.82) is 0 Å². The lowest BCUT2D eigenvalue weighted by Gasteiger charge is -2.26. The molecule has 0 spiro atoms. The van der Waals surface area contributed by atoms with Gasteiger partial charge >= 0.3 is 0 Å². The Hall–Kier alpha value is -2.20. The highest BCUT2D eigenvalue weighted by Gasteiger charge is 2.87. The second kappa shape index (κ2) is 8.62. The van der Waals surface area contributed by atoms with Gasteiger partial charge in [0.1, 0.15) is 22.4 Å². The molecular weight excluding hydrogens is 441 g/mol. The van der Waals surface area contributed by atoms with E-state index in [1.165, 1.54) is 0 Å². The minimum absolute atomic E-state index is 0.214. The summed E-state index contributed by atoms with van der Waals surface area (Å²) in [6.45, 7) is 3.60. The number of nitrogens with zero attached hydrogens (tertiary/aromatic N) is 1. The van der Waals surface area contributed by atoms with Crippen LogP contribution in [0, 0.1) is 0 Å². The smallest absolute Gasteiger partial charge is 0.143 e. The van der Waals surface area contributed by atoms with Crippen molar-refractivity contribution in [3.05, 3.63) is 95.6 Å². The zero-order valence-corrected chi connectivity index (χ0v) is 20.2. The Balaban J connectivity index is 1.83. The van der Waals surface area contributed by atoms with Crippen molar-refractivity contribution in [2.45, 2.75) is 28.5 Å². The molecule has 1 fully saturated rings. The van der Waals surface area contributed by atoms with Crippen LogP contribution in [0.3, 0.4) is 0 Å². The van der Waals surface area contributed by atoms with Crippen molar-refractivity contribution in [2.75, 3.05) is 27.2 Å². The van der Waals surface area contributed by atoms with Crippen LogP contribution in [-0.4, -0.2) is 41.6 Å². The van der Waals surface area contributed by atoms with Crippen LogP contribution < -0.4 is 4.74 Å². The quantitative estimate of drug-likeness (QED) is 0.401. The molecule has 3 aromatic carbocycles. The first-order valence-electron chi connectivity index (χ1n) is 10.9. The molecule has 0 radical (unpaired) electrons. The lowest BCUT2D eigenvalue weighted by atomic mass is 9.76. The van der Waals surface area contributed by atoms with Gasteiger partial charge in [-0.3, -0.25) is 0 Å². The van der Waals surface area contributed by atoms with E-state index in [-0.39, 0.29) is 5.75 Å². The maximum absolute atomic E-state index is 9.92. The van der Waals surface area contributed by atoms with Gasteiger partial charge in [0, 0.05) is 12.0 Å². The van der Waals surface area contributed by atoms with Gasteiger partial charge in [-0.25, -0.2) is 0 Å². The van der Waals surface area contributed by atoms with Gasteiger partial charge in [0.25, 0.3) is 0 Å². The highest BCUT2D eigenvalue weighted by molar-refractivity contribution is 6.54. The molecule has 4 rings (SSSR count). The first-order chi connectivity index (χ1) is 15.3. The highest BCUT2D eigenvalue weighted by Crippen LogP contribution is 2.82. The minimum atomic E-state index is -1.07. The second-order valence-electron chi connectivity index (χ2n) is 8.67. The van der Waals surface area contributed by atoms with Gasteiger partial charge in [-0.2, -0.15) is 0 Å². The van der Waals surface area contributed by atoms with Gasteiger partial charge < -0.3 is 14.7 Å². The number of likely N-dealkylation sites (N-methyl/N-ethyl adjacent to an activating group) is 1. The lowest BCUT2D eigenvalue weighted by Crippen LogP contribution is -2.23. The van der Waals surface area contributed by atoms with Crippen LogP contribution in [0.5, 0.6) is 11.5 Å². The Morgan fingerprint density at radius 2 is 1.38 bits per heavy atom. The number of hydrogen-bond acceptors (Lipinski definition) is 3. The molecule has 2 unspecified atom stereocenters. The Labute approximate surface area is 200 Å². The number of halogens is 2. The first kappa shape index (κ1) is 23.0. The van der Waals surface area contributed by atoms with E-state index < -0.39 is 15.2 Å². The van der Waals surface area contributed by atoms with Gasteiger partial charge in [0.2, 0.25) is 0 Å². The fourth-order valence-corrected chi connectivity index (χ4v) is 6.67. The van der Waals surface area contributed by atoms with E-state index in [1.54, 1.807) is 12.1 Å². The number of alkyl halides is 2. The van der Waals surface area contributed by atoms with E-state index in [4.69, 9.17) is 27.9 Å². The molecule has 3 nitrogen and oxygen atoms in total. The Morgan fingerprint density at radius 1 is 0.812 bits per heavy atom. The molecule has 2 atom stereocenters. The standard InChI is InChI=1S/C27H29Cl2NO2/c1-4-25(20-8-6-5-7-9-20)26(27(25,28)29,21-10-14-23(31)15-11-21)22-12-16-24(17-13-22)32-19-18-30(2)3/h5-17,31H,4,18-19H2,1-3H3. The van der Waals surface area contributed by atoms with Gasteiger partial charge in [0.05, 0.1) is 5.41 Å². The van der Waals surface area contributed by atoms with Crippen LogP contribution in [0.2, 0.25) is 0 Å². The number of phenolic OH excluding ortho intramolecular Hbond substituents is 1. The number of benzene rings is 3. The van der Waals surface area contributed by atoms with Crippen LogP contribution in [-0.2, 0) is 10.8 Å². The molecular formula is C27H29Cl2NO2. The molecule has 32 heavy (non-hydrogen) atoms. The first-order valence-corrected chi connectivity index (χ1v) is 11.7. The van der Waals surface area contributed by atoms with E-state index in [2.05, 4.69) is 36.1 Å². The molecule has 1 aliphatic rings. The van der Waals surface area contributed by atoms with Crippen molar-refractivity contribution in [1.82, 2.24) is 4.90 Å². The fraction of sp³-hybridized carbons (Fsp3) is 0.333. The highest BCUT2D eigenvalue weighted by atomic mass is 35.5. The molecule has 0 saturated heterocycles. The zero-order chi connectivity index (χ0) is 23.0. The molecule has 1 aliphatic carbocycles. The summed E-state index contributed by atoms with van der Waals surface area (Å²) in [6, 6.07) is 25.6. The van der Waals surface area contributed by atoms with E-state index in [0.717, 1.165) is 35.4 Å². The second-order valence-corrected chi connectivity index (χ2v) is 10.00. The monoisotopic (exact) mass is 469 g/mol. The van der Waals surface area contributed by atoms with Crippen LogP contribution in [0.1, 0.15) is 30.0 Å². The predicted molar refractivity (Wildman–Crippen MR) is 132 cm³/mol. The van der Waals surface area contributed by atoms with Crippen LogP contribution in [0.4, 0.5) is 0 Å². The predicted octanol–water partition coefficient (Wildman–Crippen LogP) is 6.15. The average molecular weight is 470 g/mol. The average Bonchev–Trinajstić information content (AvgIpc) is 3.26. The summed E-state index contributed by atoms with van der Waals surface area (Å²) in [5, 5.41) is 9.92. The third kappa shape index (κ3) is 3.30. The van der Waals surface area contributed by atoms with Crippen molar-refractivity contribution < 1.29 is 9.84 Å². The molecule has 0 aliphatic heterocycles. The van der Waals surface area contributed by atoms with Gasteiger partial charge in [0.15, 0.2) is 0 Å². The van der Waals surface area contributed by atoms with E-state index >= 15 is 0 Å². The largest absolute Gasteiger partial charge is 0.508 e. The fourth-order valence-electron chi connectivity index (χ4n) is 5.24. The normalized spacial score (nSPS) is 23.8. The number of rotatable bonds is 8. The van der Waals surface area contributed by atoms with E-state index in [0.29, 0.717) is 6.61 Å². The van der Waals surface area contributed by atoms with Crippen LogP contribution in [0.15, 0.2) is 78.9 Å². The summed E-state index contributed by atoms with van der Waals surface area (Å²) in [5.74, 6) is 1.03. The van der Waals surface area contributed by atoms with Gasteiger partial charge in [-0.05, 0) is 61.5 Å². The molecule has 0 amide bonds. The summed E-state index contributed by atoms with van der Waals surface area (Å²) in [6.07, 6.45) is 0.756. The Kier molecular flexibility index (Phi) is 6.19. The SMILES string of the molecule is CCC1(c2ccccc2)C(Cl)(Cl)C1(c1ccc(O)cc1)c1ccc(OCCN(C)C)cc1. The number of aromatic hydroxyl groups is 1. The summed E-state index contributed by atoms with van der Waals surface area (Å²) in [7, 11) is 4.05. The van der Waals surface area contributed by atoms with Crippen molar-refractivity contribution in [3.63, 3.8) is 0 Å². The molecule has 0 aromatic heterocycles. The number of hydrogen-bond donors (Lipinski definition) is 1. The van der Waals surface area contributed by atoms with E-state index in [9.17, 15) is 5.11 Å². The summed E-state index contributed by atoms with van der Waals surface area (Å²) in [4.78, 5) is 2.09. The summed E-state index contributed by atoms with van der Waals surface area (Å²) < 4.78 is 4.83. The molecule has 3 aromatic rings. The van der Waals surface area contributed by atoms with Crippen molar-refractivity contribution in [2.24, 2.45) is 0 Å². The topological polar surface area (TPSA) is 32.7 Å². The van der Waals surface area contributed by atoms with Crippen molar-refractivity contribution in [3.8, 4) is 11.5 Å². The molecule has 0 bridgehead atoms. The minimum Gasteiger partial charge on any atom is -0.508 e. The Morgan fingerprint density at radius 3 is 1.91 bits per heavy atom. The molecule has 1 saturated carbocycles. The third-order valence-corrected chi connectivity index (χ3v) is 7.99. The van der Waals surface area contributed by atoms with Crippen LogP contribution in [0.25, 0.3) is 0 Å². The van der Waals surface area contributed by atoms with E-state index in [1.807, 2.05) is 56.6 Å². The lowest BCUT2D eigenvalue weighted by molar-refractivity contribution is 0.261. The molecule has 1 N–H and O–H groups in total. The maximum Gasteiger partial charge on any atom is 0.143 e. The van der Waals surface area contributed by atoms with Crippen LogP contribution >= 0.6 is 23.2 Å². The number of phenols is 1. The summed E-state index contributed by atoms with van der Waals surface area (Å²) >= 11 is 14.5. The molecule has 168 valence electrons. The number of ether oxygens (including phenoxy) is 1. The zero-order valence-electron chi connectivity index (χ0n) is 18.7. The molecule has 5 heteroatoms. The Bertz CT molecular complexity index is 1050. The van der Waals surface area contributed by atoms with Gasteiger partial charge in [-0.1, -0.05) is 84.7 Å². The van der Waals surface area contributed by atoms with Gasteiger partial charge in [-0.15, -0.1) is 0 Å². The third-order valence-electron chi connectivity index (χ3n) is 6.78. The molecule has 0 heterocycles. The summed E-state index contributed by atoms with van der Waals surface area (Å²) in [5.41, 5.74) is 1.92. The maximum atomic E-state index is 9.92. The van der Waals surface area contributed by atoms with Crippen molar-refractivity contribution >= 4 is 23.2 Å².